The first-order valence-electron chi connectivity index (χ1n) is 6.12. The molecule has 0 saturated carbocycles. The summed E-state index contributed by atoms with van der Waals surface area (Å²) >= 11 is 0. The number of amides is 1. The minimum Gasteiger partial charge on any atom is -0.397 e. The van der Waals surface area contributed by atoms with Gasteiger partial charge in [-0.05, 0) is 30.5 Å². The van der Waals surface area contributed by atoms with Gasteiger partial charge in [-0.15, -0.1) is 0 Å². The zero-order chi connectivity index (χ0) is 13.5. The summed E-state index contributed by atoms with van der Waals surface area (Å²) in [5, 5.41) is 12.1. The van der Waals surface area contributed by atoms with Gasteiger partial charge in [0.15, 0.2) is 0 Å². The number of nitrogens with two attached hydrogens (primary N) is 2. The van der Waals surface area contributed by atoms with Crippen LogP contribution in [0.5, 0.6) is 0 Å². The van der Waals surface area contributed by atoms with Crippen molar-refractivity contribution in [1.29, 1.82) is 0 Å². The first-order valence-corrected chi connectivity index (χ1v) is 6.12. The Morgan fingerprint density at radius 1 is 1.50 bits per heavy atom. The Labute approximate surface area is 107 Å². The molecule has 18 heavy (non-hydrogen) atoms. The van der Waals surface area contributed by atoms with Crippen LogP contribution in [0.3, 0.4) is 0 Å². The van der Waals surface area contributed by atoms with Crippen molar-refractivity contribution in [2.75, 3.05) is 24.2 Å². The van der Waals surface area contributed by atoms with Crippen LogP contribution in [-0.4, -0.2) is 24.2 Å². The number of benzene rings is 1. The van der Waals surface area contributed by atoms with E-state index in [1.54, 1.807) is 18.2 Å². The monoisotopic (exact) mass is 251 g/mol. The number of nitrogen functional groups attached to an aromatic ring is 1. The third-order valence-electron chi connectivity index (χ3n) is 3.03. The second kappa shape index (κ2) is 6.86. The predicted octanol–water partition coefficient (Wildman–Crippen LogP) is 1.19. The lowest BCUT2D eigenvalue weighted by molar-refractivity contribution is 0.100. The molecule has 5 nitrogen and oxygen atoms in total. The van der Waals surface area contributed by atoms with Gasteiger partial charge in [0.05, 0.1) is 11.4 Å². The smallest absolute Gasteiger partial charge is 0.248 e. The lowest BCUT2D eigenvalue weighted by Gasteiger charge is -2.16. The molecule has 1 aromatic rings. The molecule has 1 aromatic carbocycles. The summed E-state index contributed by atoms with van der Waals surface area (Å²) in [6.07, 6.45) is 1.72. The number of aliphatic hydroxyl groups excluding tert-OH is 1. The highest BCUT2D eigenvalue weighted by Gasteiger charge is 2.08. The average molecular weight is 251 g/mol. The summed E-state index contributed by atoms with van der Waals surface area (Å²) in [5.41, 5.74) is 12.8. The van der Waals surface area contributed by atoms with Gasteiger partial charge in [0.25, 0.3) is 0 Å². The molecule has 0 aromatic heterocycles. The number of aliphatic hydroxyl groups is 1. The molecule has 1 amide bonds. The number of carbonyl (C=O) groups is 1. The molecule has 100 valence electrons. The van der Waals surface area contributed by atoms with Crippen molar-refractivity contribution >= 4 is 17.3 Å². The summed E-state index contributed by atoms with van der Waals surface area (Å²) in [4.78, 5) is 11.1. The first kappa shape index (κ1) is 14.3. The summed E-state index contributed by atoms with van der Waals surface area (Å²) in [5.74, 6) is -0.0907. The van der Waals surface area contributed by atoms with Crippen molar-refractivity contribution in [3.8, 4) is 0 Å². The Morgan fingerprint density at radius 3 is 2.78 bits per heavy atom. The normalized spacial score (nSPS) is 12.1. The molecule has 1 rings (SSSR count). The number of rotatable bonds is 7. The minimum absolute atomic E-state index is 0.178. The Hall–Kier alpha value is -1.75. The van der Waals surface area contributed by atoms with Gasteiger partial charge in [-0.2, -0.15) is 0 Å². The zero-order valence-corrected chi connectivity index (χ0v) is 10.6. The maximum absolute atomic E-state index is 11.1. The van der Waals surface area contributed by atoms with Crippen LogP contribution < -0.4 is 16.8 Å². The van der Waals surface area contributed by atoms with E-state index in [4.69, 9.17) is 16.6 Å². The van der Waals surface area contributed by atoms with Crippen LogP contribution in [0.4, 0.5) is 11.4 Å². The number of hydrogen-bond acceptors (Lipinski definition) is 4. The van der Waals surface area contributed by atoms with Crippen molar-refractivity contribution < 1.29 is 9.90 Å². The molecule has 0 saturated heterocycles. The summed E-state index contributed by atoms with van der Waals surface area (Å²) in [7, 11) is 0. The van der Waals surface area contributed by atoms with Crippen LogP contribution in [0.2, 0.25) is 0 Å². The molecule has 0 aliphatic rings. The van der Waals surface area contributed by atoms with Crippen LogP contribution in [0.1, 0.15) is 30.1 Å². The van der Waals surface area contributed by atoms with Crippen LogP contribution in [-0.2, 0) is 0 Å². The molecule has 0 radical (unpaired) electrons. The van der Waals surface area contributed by atoms with Gasteiger partial charge < -0.3 is 21.9 Å². The SMILES string of the molecule is CCC(CCO)CNc1cc(C(N)=O)ccc1N. The Balaban J connectivity index is 2.71. The highest BCUT2D eigenvalue weighted by atomic mass is 16.3. The molecule has 0 fully saturated rings. The van der Waals surface area contributed by atoms with E-state index in [0.717, 1.165) is 12.8 Å². The van der Waals surface area contributed by atoms with E-state index in [1.165, 1.54) is 0 Å². The molecule has 0 heterocycles. The largest absolute Gasteiger partial charge is 0.397 e. The van der Waals surface area contributed by atoms with Crippen LogP contribution in [0, 0.1) is 5.92 Å². The first-order chi connectivity index (χ1) is 8.58. The fraction of sp³-hybridized carbons (Fsp3) is 0.462. The molecular formula is C13H21N3O2. The van der Waals surface area contributed by atoms with E-state index in [9.17, 15) is 4.79 Å². The highest BCUT2D eigenvalue weighted by Crippen LogP contribution is 2.21. The standard InChI is InChI=1S/C13H21N3O2/c1-2-9(5-6-17)8-16-12-7-10(13(15)18)3-4-11(12)14/h3-4,7,9,16-17H,2,5-6,8,14H2,1H3,(H2,15,18). The molecule has 0 aliphatic carbocycles. The molecule has 1 unspecified atom stereocenters. The molecule has 0 spiro atoms. The molecule has 5 heteroatoms. The Bertz CT molecular complexity index is 407. The molecule has 0 aliphatic heterocycles. The molecule has 0 bridgehead atoms. The predicted molar refractivity (Wildman–Crippen MR) is 73.3 cm³/mol. The minimum atomic E-state index is -0.472. The molecule has 6 N–H and O–H groups in total. The number of anilines is 2. The van der Waals surface area contributed by atoms with Crippen LogP contribution >= 0.6 is 0 Å². The lowest BCUT2D eigenvalue weighted by Crippen LogP contribution is -2.17. The van der Waals surface area contributed by atoms with Gasteiger partial charge in [0, 0.05) is 18.7 Å². The molecule has 1 atom stereocenters. The highest BCUT2D eigenvalue weighted by molar-refractivity contribution is 5.94. The van der Waals surface area contributed by atoms with E-state index in [2.05, 4.69) is 12.2 Å². The zero-order valence-electron chi connectivity index (χ0n) is 10.6. The van der Waals surface area contributed by atoms with Gasteiger partial charge in [0.1, 0.15) is 0 Å². The van der Waals surface area contributed by atoms with Gasteiger partial charge in [-0.25, -0.2) is 0 Å². The van der Waals surface area contributed by atoms with Crippen molar-refractivity contribution in [3.63, 3.8) is 0 Å². The maximum atomic E-state index is 11.1. The third kappa shape index (κ3) is 3.92. The van der Waals surface area contributed by atoms with Gasteiger partial charge in [0.2, 0.25) is 5.91 Å². The van der Waals surface area contributed by atoms with Crippen LogP contribution in [0.25, 0.3) is 0 Å². The maximum Gasteiger partial charge on any atom is 0.248 e. The van der Waals surface area contributed by atoms with E-state index in [0.29, 0.717) is 29.4 Å². The van der Waals surface area contributed by atoms with Crippen LogP contribution in [0.15, 0.2) is 18.2 Å². The second-order valence-corrected chi connectivity index (χ2v) is 4.33. The number of primary amides is 1. The van der Waals surface area contributed by atoms with Crippen molar-refractivity contribution in [3.05, 3.63) is 23.8 Å². The van der Waals surface area contributed by atoms with E-state index in [1.807, 2.05) is 0 Å². The number of hydrogen-bond donors (Lipinski definition) is 4. The summed E-state index contributed by atoms with van der Waals surface area (Å²) in [6, 6.07) is 4.92. The fourth-order valence-corrected chi connectivity index (χ4v) is 1.75. The van der Waals surface area contributed by atoms with Crippen molar-refractivity contribution in [2.45, 2.75) is 19.8 Å². The number of carbonyl (C=O) groups excluding carboxylic acids is 1. The van der Waals surface area contributed by atoms with Crippen molar-refractivity contribution in [1.82, 2.24) is 0 Å². The van der Waals surface area contributed by atoms with Gasteiger partial charge >= 0.3 is 0 Å². The lowest BCUT2D eigenvalue weighted by atomic mass is 10.0. The Morgan fingerprint density at radius 2 is 2.22 bits per heavy atom. The topological polar surface area (TPSA) is 101 Å². The van der Waals surface area contributed by atoms with Gasteiger partial charge in [-0.3, -0.25) is 4.79 Å². The van der Waals surface area contributed by atoms with E-state index in [-0.39, 0.29) is 6.61 Å². The Kier molecular flexibility index (Phi) is 5.45. The summed E-state index contributed by atoms with van der Waals surface area (Å²) in [6.45, 7) is 2.96. The van der Waals surface area contributed by atoms with E-state index < -0.39 is 5.91 Å². The third-order valence-corrected chi connectivity index (χ3v) is 3.03. The molecular weight excluding hydrogens is 230 g/mol. The fourth-order valence-electron chi connectivity index (χ4n) is 1.75. The number of nitrogens with one attached hydrogen (secondary N) is 1. The summed E-state index contributed by atoms with van der Waals surface area (Å²) < 4.78 is 0. The second-order valence-electron chi connectivity index (χ2n) is 4.33. The average Bonchev–Trinajstić information content (AvgIpc) is 2.35. The van der Waals surface area contributed by atoms with E-state index >= 15 is 0 Å². The van der Waals surface area contributed by atoms with Gasteiger partial charge in [-0.1, -0.05) is 13.3 Å². The van der Waals surface area contributed by atoms with Crippen molar-refractivity contribution in [2.24, 2.45) is 11.7 Å². The quantitative estimate of drug-likeness (QED) is 0.547.